The highest BCUT2D eigenvalue weighted by Gasteiger charge is 2.26. The van der Waals surface area contributed by atoms with E-state index in [1.165, 1.54) is 12.1 Å². The van der Waals surface area contributed by atoms with E-state index in [0.717, 1.165) is 11.1 Å². The highest BCUT2D eigenvalue weighted by atomic mass is 16.5. The topological polar surface area (TPSA) is 134 Å². The van der Waals surface area contributed by atoms with Crippen LogP contribution in [0, 0.1) is 11.8 Å². The van der Waals surface area contributed by atoms with Crippen molar-refractivity contribution in [3.05, 3.63) is 77.5 Å². The number of phenols is 1. The lowest BCUT2D eigenvalue weighted by atomic mass is 10.0. The summed E-state index contributed by atoms with van der Waals surface area (Å²) in [6, 6.07) is 13.7. The first kappa shape index (κ1) is 30.1. The standard InChI is InChI=1S/C29H37N3O6/c1-19(2)14-25(27(35)30-23(17-33)16-21-10-12-24(34)13-11-21)31-28(36)26(15-20(3)4)32-29(37)38-18-22-8-6-5-7-9-22/h5-13,15,17,19-20,23,25,34H,14,16,18H2,1-4H3,(H,30,35)(H,31,36)(H,32,37)/t23-,25-/m0/s1. The Balaban J connectivity index is 2.07. The van der Waals surface area contributed by atoms with Crippen molar-refractivity contribution in [1.82, 2.24) is 16.0 Å². The van der Waals surface area contributed by atoms with E-state index < -0.39 is 30.0 Å². The van der Waals surface area contributed by atoms with Crippen molar-refractivity contribution in [2.45, 2.75) is 59.2 Å². The second-order valence-corrected chi connectivity index (χ2v) is 9.79. The van der Waals surface area contributed by atoms with Gasteiger partial charge in [-0.25, -0.2) is 4.79 Å². The number of aromatic hydroxyl groups is 1. The van der Waals surface area contributed by atoms with E-state index in [-0.39, 0.29) is 36.3 Å². The summed E-state index contributed by atoms with van der Waals surface area (Å²) in [7, 11) is 0. The van der Waals surface area contributed by atoms with Crippen LogP contribution in [-0.2, 0) is 32.1 Å². The molecule has 0 saturated carbocycles. The molecule has 2 aromatic carbocycles. The molecular formula is C29H37N3O6. The zero-order valence-electron chi connectivity index (χ0n) is 22.3. The monoisotopic (exact) mass is 523 g/mol. The molecular weight excluding hydrogens is 486 g/mol. The number of benzene rings is 2. The lowest BCUT2D eigenvalue weighted by Gasteiger charge is -2.23. The van der Waals surface area contributed by atoms with Crippen molar-refractivity contribution >= 4 is 24.2 Å². The van der Waals surface area contributed by atoms with Crippen LogP contribution in [0.5, 0.6) is 5.75 Å². The molecule has 0 unspecified atom stereocenters. The Morgan fingerprint density at radius 3 is 2.16 bits per heavy atom. The van der Waals surface area contributed by atoms with E-state index >= 15 is 0 Å². The van der Waals surface area contributed by atoms with Gasteiger partial charge in [-0.2, -0.15) is 0 Å². The van der Waals surface area contributed by atoms with Crippen molar-refractivity contribution in [3.8, 4) is 5.75 Å². The molecule has 4 N–H and O–H groups in total. The first-order valence-corrected chi connectivity index (χ1v) is 12.6. The zero-order valence-corrected chi connectivity index (χ0v) is 22.3. The highest BCUT2D eigenvalue weighted by Crippen LogP contribution is 2.12. The predicted molar refractivity (Wildman–Crippen MR) is 144 cm³/mol. The smallest absolute Gasteiger partial charge is 0.412 e. The maximum absolute atomic E-state index is 13.1. The second-order valence-electron chi connectivity index (χ2n) is 9.79. The SMILES string of the molecule is CC(C)C=C(NC(=O)OCc1ccccc1)C(=O)N[C@@H](CC(C)C)C(=O)N[C@H](C=O)Cc1ccc(O)cc1. The van der Waals surface area contributed by atoms with Gasteiger partial charge in [-0.05, 0) is 47.9 Å². The van der Waals surface area contributed by atoms with Gasteiger partial charge in [-0.3, -0.25) is 14.9 Å². The number of phenolic OH excluding ortho intramolecular Hbond substituents is 1. The molecule has 0 aliphatic carbocycles. The third kappa shape index (κ3) is 10.9. The van der Waals surface area contributed by atoms with Gasteiger partial charge in [-0.15, -0.1) is 0 Å². The first-order valence-electron chi connectivity index (χ1n) is 12.6. The number of carbonyl (C=O) groups is 4. The van der Waals surface area contributed by atoms with Crippen molar-refractivity contribution in [2.75, 3.05) is 0 Å². The van der Waals surface area contributed by atoms with Gasteiger partial charge in [0.15, 0.2) is 0 Å². The fraction of sp³-hybridized carbons (Fsp3) is 0.379. The summed E-state index contributed by atoms with van der Waals surface area (Å²) in [6.45, 7) is 7.55. The van der Waals surface area contributed by atoms with Crippen LogP contribution >= 0.6 is 0 Å². The van der Waals surface area contributed by atoms with E-state index in [1.807, 2.05) is 58.0 Å². The van der Waals surface area contributed by atoms with Crippen LogP contribution in [0.1, 0.15) is 45.2 Å². The average molecular weight is 524 g/mol. The number of nitrogens with one attached hydrogen (secondary N) is 3. The Kier molecular flexibility index (Phi) is 12.0. The molecule has 9 nitrogen and oxygen atoms in total. The molecule has 0 aromatic heterocycles. The molecule has 0 aliphatic rings. The van der Waals surface area contributed by atoms with E-state index in [1.54, 1.807) is 18.2 Å². The Bertz CT molecular complexity index is 1100. The minimum Gasteiger partial charge on any atom is -0.508 e. The summed E-state index contributed by atoms with van der Waals surface area (Å²) < 4.78 is 5.23. The Hall–Kier alpha value is -4.14. The van der Waals surface area contributed by atoms with Crippen LogP contribution < -0.4 is 16.0 Å². The van der Waals surface area contributed by atoms with E-state index in [2.05, 4.69) is 16.0 Å². The lowest BCUT2D eigenvalue weighted by Crippen LogP contribution is -2.52. The van der Waals surface area contributed by atoms with Crippen molar-refractivity contribution in [2.24, 2.45) is 11.8 Å². The molecule has 0 radical (unpaired) electrons. The molecule has 0 aliphatic heterocycles. The van der Waals surface area contributed by atoms with E-state index in [0.29, 0.717) is 12.7 Å². The normalized spacial score (nSPS) is 12.9. The van der Waals surface area contributed by atoms with Crippen molar-refractivity contribution in [3.63, 3.8) is 0 Å². The van der Waals surface area contributed by atoms with Crippen LogP contribution in [0.3, 0.4) is 0 Å². The molecule has 0 saturated heterocycles. The van der Waals surface area contributed by atoms with E-state index in [4.69, 9.17) is 4.74 Å². The molecule has 3 amide bonds. The van der Waals surface area contributed by atoms with Gasteiger partial charge in [0.25, 0.3) is 5.91 Å². The lowest BCUT2D eigenvalue weighted by molar-refractivity contribution is -0.129. The molecule has 2 rings (SSSR count). The number of ether oxygens (including phenoxy) is 1. The average Bonchev–Trinajstić information content (AvgIpc) is 2.87. The quantitative estimate of drug-likeness (QED) is 0.234. The van der Waals surface area contributed by atoms with Crippen LogP contribution in [0.25, 0.3) is 0 Å². The number of carbonyl (C=O) groups excluding carboxylic acids is 4. The Morgan fingerprint density at radius 1 is 0.921 bits per heavy atom. The highest BCUT2D eigenvalue weighted by molar-refractivity contribution is 5.99. The number of hydrogen-bond donors (Lipinski definition) is 4. The fourth-order valence-corrected chi connectivity index (χ4v) is 3.62. The molecule has 204 valence electrons. The molecule has 0 fully saturated rings. The molecule has 38 heavy (non-hydrogen) atoms. The number of allylic oxidation sites excluding steroid dienone is 1. The number of hydrogen-bond acceptors (Lipinski definition) is 6. The molecule has 2 aromatic rings. The number of amides is 3. The summed E-state index contributed by atoms with van der Waals surface area (Å²) in [6.07, 6.45) is 1.95. The number of aldehydes is 1. The van der Waals surface area contributed by atoms with Crippen LogP contribution in [-0.4, -0.2) is 41.4 Å². The molecule has 0 bridgehead atoms. The molecule has 0 spiro atoms. The van der Waals surface area contributed by atoms with Crippen molar-refractivity contribution < 1.29 is 29.0 Å². The number of rotatable bonds is 13. The van der Waals surface area contributed by atoms with Gasteiger partial charge in [-0.1, -0.05) is 76.2 Å². The summed E-state index contributed by atoms with van der Waals surface area (Å²) in [5.41, 5.74) is 1.52. The van der Waals surface area contributed by atoms with Crippen LogP contribution in [0.15, 0.2) is 66.4 Å². The van der Waals surface area contributed by atoms with Gasteiger partial charge in [0.1, 0.15) is 30.4 Å². The maximum Gasteiger partial charge on any atom is 0.412 e. The summed E-state index contributed by atoms with van der Waals surface area (Å²) in [5, 5.41) is 17.3. The largest absolute Gasteiger partial charge is 0.508 e. The van der Waals surface area contributed by atoms with Crippen LogP contribution in [0.2, 0.25) is 0 Å². The zero-order chi connectivity index (χ0) is 28.1. The third-order valence-corrected chi connectivity index (χ3v) is 5.41. The summed E-state index contributed by atoms with van der Waals surface area (Å²) >= 11 is 0. The maximum atomic E-state index is 13.1. The second kappa shape index (κ2) is 15.2. The van der Waals surface area contributed by atoms with Gasteiger partial charge < -0.3 is 25.3 Å². The van der Waals surface area contributed by atoms with Gasteiger partial charge in [0.2, 0.25) is 5.91 Å². The molecule has 0 heterocycles. The number of alkyl carbamates (subject to hydrolysis) is 1. The Labute approximate surface area is 223 Å². The van der Waals surface area contributed by atoms with Crippen LogP contribution in [0.4, 0.5) is 4.79 Å². The third-order valence-electron chi connectivity index (χ3n) is 5.41. The summed E-state index contributed by atoms with van der Waals surface area (Å²) in [4.78, 5) is 50.3. The molecule has 9 heteroatoms. The minimum absolute atomic E-state index is 0.0318. The predicted octanol–water partition coefficient (Wildman–Crippen LogP) is 3.62. The van der Waals surface area contributed by atoms with Gasteiger partial charge >= 0.3 is 6.09 Å². The van der Waals surface area contributed by atoms with Gasteiger partial charge in [0, 0.05) is 0 Å². The van der Waals surface area contributed by atoms with Gasteiger partial charge in [0.05, 0.1) is 6.04 Å². The fourth-order valence-electron chi connectivity index (χ4n) is 3.62. The minimum atomic E-state index is -0.942. The van der Waals surface area contributed by atoms with Crippen molar-refractivity contribution in [1.29, 1.82) is 0 Å². The summed E-state index contributed by atoms with van der Waals surface area (Å²) in [5.74, 6) is -1.08. The Morgan fingerprint density at radius 2 is 1.58 bits per heavy atom. The van der Waals surface area contributed by atoms with E-state index in [9.17, 15) is 24.3 Å². The first-order chi connectivity index (χ1) is 18.1. The molecule has 2 atom stereocenters.